The van der Waals surface area contributed by atoms with Crippen molar-refractivity contribution >= 4 is 17.7 Å². The second-order valence-corrected chi connectivity index (χ2v) is 5.95. The normalized spacial score (nSPS) is 12.7. The molecule has 2 aromatic heterocycles. The third kappa shape index (κ3) is 5.03. The Morgan fingerprint density at radius 3 is 2.16 bits per heavy atom. The predicted octanol–water partition coefficient (Wildman–Crippen LogP) is 2.76. The van der Waals surface area contributed by atoms with Crippen molar-refractivity contribution in [3.63, 3.8) is 0 Å². The smallest absolute Gasteiger partial charge is 0.290 e. The molecular formula is C17H11F6N7O. The highest BCUT2D eigenvalue weighted by atomic mass is 19.4. The minimum atomic E-state index is -5.02. The van der Waals surface area contributed by atoms with Crippen molar-refractivity contribution in [1.82, 2.24) is 30.2 Å². The number of hydrogen-bond acceptors (Lipinski definition) is 6. The van der Waals surface area contributed by atoms with E-state index in [0.29, 0.717) is 12.1 Å². The molecular weight excluding hydrogens is 432 g/mol. The Hall–Kier alpha value is -3.81. The van der Waals surface area contributed by atoms with Crippen LogP contribution in [0.3, 0.4) is 0 Å². The van der Waals surface area contributed by atoms with Crippen LogP contribution < -0.4 is 11.3 Å². The van der Waals surface area contributed by atoms with Crippen LogP contribution in [0.4, 0.5) is 26.3 Å². The highest BCUT2D eigenvalue weighted by molar-refractivity contribution is 6.22. The van der Waals surface area contributed by atoms with Gasteiger partial charge in [-0.1, -0.05) is 0 Å². The van der Waals surface area contributed by atoms with Crippen molar-refractivity contribution in [1.29, 1.82) is 0 Å². The molecule has 0 atom stereocenters. The number of rotatable bonds is 4. The van der Waals surface area contributed by atoms with Crippen LogP contribution in [-0.2, 0) is 17.1 Å². The first-order chi connectivity index (χ1) is 14.5. The van der Waals surface area contributed by atoms with Crippen molar-refractivity contribution in [3.8, 4) is 11.4 Å². The summed E-state index contributed by atoms with van der Waals surface area (Å²) in [6, 6.07) is 0.988. The lowest BCUT2D eigenvalue weighted by molar-refractivity contribution is -0.143. The molecule has 0 bridgehead atoms. The molecule has 1 aromatic carbocycles. The summed E-state index contributed by atoms with van der Waals surface area (Å²) in [6.45, 7) is 0. The number of carbonyl (C=O) groups is 1. The second kappa shape index (κ2) is 8.14. The van der Waals surface area contributed by atoms with Gasteiger partial charge in [-0.2, -0.15) is 26.3 Å². The minimum absolute atomic E-state index is 0.00183. The van der Waals surface area contributed by atoms with Crippen molar-refractivity contribution in [2.24, 2.45) is 5.84 Å². The average molecular weight is 443 g/mol. The number of nitrogens with two attached hydrogens (primary N) is 1. The van der Waals surface area contributed by atoms with Gasteiger partial charge in [0.05, 0.1) is 28.6 Å². The number of benzene rings is 1. The van der Waals surface area contributed by atoms with Gasteiger partial charge in [0.15, 0.2) is 5.82 Å². The number of alkyl halides is 6. The summed E-state index contributed by atoms with van der Waals surface area (Å²) in [7, 11) is 0. The molecule has 0 saturated heterocycles. The number of nitrogens with one attached hydrogen (secondary N) is 1. The number of amides is 1. The van der Waals surface area contributed by atoms with E-state index >= 15 is 0 Å². The fraction of sp³-hybridized carbons (Fsp3) is 0.118. The molecule has 0 aliphatic carbocycles. The van der Waals surface area contributed by atoms with E-state index in [0.717, 1.165) is 17.2 Å². The first kappa shape index (κ1) is 21.9. The maximum absolute atomic E-state index is 13.1. The minimum Gasteiger partial charge on any atom is -0.290 e. The topological polar surface area (TPSA) is 112 Å². The van der Waals surface area contributed by atoms with E-state index in [1.807, 2.05) is 5.43 Å². The molecule has 0 spiro atoms. The second-order valence-electron chi connectivity index (χ2n) is 5.95. The molecule has 3 aromatic rings. The summed E-state index contributed by atoms with van der Waals surface area (Å²) in [6.07, 6.45) is -4.08. The number of aromatic nitrogens is 5. The highest BCUT2D eigenvalue weighted by Gasteiger charge is 2.37. The van der Waals surface area contributed by atoms with Crippen LogP contribution in [0.2, 0.25) is 0 Å². The standard InChI is InChI=1S/C17H11F6N7O/c18-16(19,20)10-3-9(4-11(5-10)17(21,22)23)14-27-8-30(29-14)7-12(15(31)28-24)13-6-25-1-2-26-13/h1-8H,24H2,(H,28,31)/b12-7+. The summed E-state index contributed by atoms with van der Waals surface area (Å²) in [4.78, 5) is 23.5. The third-order valence-electron chi connectivity index (χ3n) is 3.83. The fourth-order valence-electron chi connectivity index (χ4n) is 2.44. The Bertz CT molecular complexity index is 1090. The quantitative estimate of drug-likeness (QED) is 0.211. The molecule has 0 aliphatic heterocycles. The van der Waals surface area contributed by atoms with Gasteiger partial charge in [-0.3, -0.25) is 20.2 Å². The van der Waals surface area contributed by atoms with Crippen molar-refractivity contribution in [2.75, 3.05) is 0 Å². The summed E-state index contributed by atoms with van der Waals surface area (Å²) in [5.41, 5.74) is -1.69. The molecule has 3 rings (SSSR count). The summed E-state index contributed by atoms with van der Waals surface area (Å²) in [5.74, 6) is 3.90. The van der Waals surface area contributed by atoms with Crippen molar-refractivity contribution in [2.45, 2.75) is 12.4 Å². The molecule has 0 aliphatic rings. The van der Waals surface area contributed by atoms with E-state index in [9.17, 15) is 31.1 Å². The molecule has 8 nitrogen and oxygen atoms in total. The fourth-order valence-corrected chi connectivity index (χ4v) is 2.44. The van der Waals surface area contributed by atoms with Crippen LogP contribution in [0.15, 0.2) is 43.1 Å². The zero-order valence-corrected chi connectivity index (χ0v) is 15.1. The van der Waals surface area contributed by atoms with Crippen LogP contribution in [0.5, 0.6) is 0 Å². The van der Waals surface area contributed by atoms with Gasteiger partial charge in [0, 0.05) is 24.2 Å². The lowest BCUT2D eigenvalue weighted by Gasteiger charge is -2.13. The summed E-state index contributed by atoms with van der Waals surface area (Å²) in [5, 5.41) is 3.83. The Balaban J connectivity index is 2.07. The summed E-state index contributed by atoms with van der Waals surface area (Å²) < 4.78 is 79.2. The third-order valence-corrected chi connectivity index (χ3v) is 3.83. The van der Waals surface area contributed by atoms with Crippen LogP contribution in [0.1, 0.15) is 16.8 Å². The van der Waals surface area contributed by atoms with Gasteiger partial charge in [-0.25, -0.2) is 15.5 Å². The molecule has 0 saturated carbocycles. The Morgan fingerprint density at radius 1 is 1.00 bits per heavy atom. The van der Waals surface area contributed by atoms with E-state index in [2.05, 4.69) is 20.1 Å². The summed E-state index contributed by atoms with van der Waals surface area (Å²) >= 11 is 0. The highest BCUT2D eigenvalue weighted by Crippen LogP contribution is 2.38. The van der Waals surface area contributed by atoms with Crippen LogP contribution in [0.25, 0.3) is 23.2 Å². The van der Waals surface area contributed by atoms with Crippen LogP contribution in [0, 0.1) is 0 Å². The van der Waals surface area contributed by atoms with Crippen LogP contribution in [-0.4, -0.2) is 30.6 Å². The molecule has 1 amide bonds. The molecule has 0 fully saturated rings. The Labute approximate surface area is 169 Å². The first-order valence-corrected chi connectivity index (χ1v) is 8.19. The number of nitrogens with zero attached hydrogens (tertiary/aromatic N) is 5. The zero-order valence-electron chi connectivity index (χ0n) is 15.1. The number of carbonyl (C=O) groups excluding carboxylic acids is 1. The molecule has 2 heterocycles. The monoisotopic (exact) mass is 443 g/mol. The van der Waals surface area contributed by atoms with E-state index in [4.69, 9.17) is 5.84 Å². The van der Waals surface area contributed by atoms with E-state index < -0.39 is 40.8 Å². The van der Waals surface area contributed by atoms with Crippen LogP contribution >= 0.6 is 0 Å². The Kier molecular flexibility index (Phi) is 5.75. The van der Waals surface area contributed by atoms with E-state index in [1.54, 1.807) is 0 Å². The van der Waals surface area contributed by atoms with E-state index in [-0.39, 0.29) is 17.3 Å². The van der Waals surface area contributed by atoms with Gasteiger partial charge < -0.3 is 0 Å². The Morgan fingerprint density at radius 2 is 1.65 bits per heavy atom. The number of hydrogen-bond donors (Lipinski definition) is 2. The number of halogens is 6. The van der Waals surface area contributed by atoms with Gasteiger partial charge in [0.25, 0.3) is 5.91 Å². The first-order valence-electron chi connectivity index (χ1n) is 8.19. The molecule has 162 valence electrons. The molecule has 14 heteroatoms. The molecule has 31 heavy (non-hydrogen) atoms. The SMILES string of the molecule is NNC(=O)/C(=C/n1cnc(-c2cc(C(F)(F)F)cc(C(F)(F)F)c2)n1)c1cnccn1. The van der Waals surface area contributed by atoms with Gasteiger partial charge in [-0.15, -0.1) is 5.10 Å². The van der Waals surface area contributed by atoms with Gasteiger partial charge >= 0.3 is 12.4 Å². The van der Waals surface area contributed by atoms with Crippen molar-refractivity contribution in [3.05, 3.63) is 59.9 Å². The average Bonchev–Trinajstić information content (AvgIpc) is 3.19. The van der Waals surface area contributed by atoms with Gasteiger partial charge in [0.1, 0.15) is 6.33 Å². The van der Waals surface area contributed by atoms with Crippen molar-refractivity contribution < 1.29 is 31.1 Å². The van der Waals surface area contributed by atoms with E-state index in [1.165, 1.54) is 18.6 Å². The lowest BCUT2D eigenvalue weighted by Crippen LogP contribution is -2.31. The zero-order chi connectivity index (χ0) is 22.8. The molecule has 0 radical (unpaired) electrons. The van der Waals surface area contributed by atoms with Gasteiger partial charge in [0.2, 0.25) is 0 Å². The molecule has 3 N–H and O–H groups in total. The maximum Gasteiger partial charge on any atom is 0.416 e. The predicted molar refractivity (Wildman–Crippen MR) is 94.0 cm³/mol. The molecule has 0 unspecified atom stereocenters. The largest absolute Gasteiger partial charge is 0.416 e. The lowest BCUT2D eigenvalue weighted by atomic mass is 10.0. The number of hydrazine groups is 1. The maximum atomic E-state index is 13.1. The van der Waals surface area contributed by atoms with Gasteiger partial charge in [-0.05, 0) is 18.2 Å².